The van der Waals surface area contributed by atoms with E-state index in [1.165, 1.54) is 6.07 Å². The lowest BCUT2D eigenvalue weighted by atomic mass is 10.0. The second-order valence-electron chi connectivity index (χ2n) is 3.62. The van der Waals surface area contributed by atoms with E-state index in [9.17, 15) is 13.6 Å². The van der Waals surface area contributed by atoms with Gasteiger partial charge in [0.1, 0.15) is 11.6 Å². The maximum absolute atomic E-state index is 13.3. The first-order valence-corrected chi connectivity index (χ1v) is 5.40. The van der Waals surface area contributed by atoms with Gasteiger partial charge in [0.25, 0.3) is 0 Å². The van der Waals surface area contributed by atoms with E-state index in [0.29, 0.717) is 6.61 Å². The molecule has 5 heteroatoms. The molecule has 94 valence electrons. The molecular formula is C12H15F2NO2. The van der Waals surface area contributed by atoms with Gasteiger partial charge in [-0.3, -0.25) is 4.79 Å². The topological polar surface area (TPSA) is 52.3 Å². The molecule has 0 aliphatic carbocycles. The first kappa shape index (κ1) is 13.6. The SMILES string of the molecule is CCOC(=O)CCC(N)c1ccc(F)cc1F. The van der Waals surface area contributed by atoms with E-state index in [4.69, 9.17) is 10.5 Å². The lowest BCUT2D eigenvalue weighted by Crippen LogP contribution is -2.15. The molecule has 1 aromatic rings. The van der Waals surface area contributed by atoms with Gasteiger partial charge in [0.05, 0.1) is 6.61 Å². The molecule has 3 nitrogen and oxygen atoms in total. The molecule has 2 N–H and O–H groups in total. The Bertz CT molecular complexity index is 396. The van der Waals surface area contributed by atoms with Gasteiger partial charge in [0.2, 0.25) is 0 Å². The third kappa shape index (κ3) is 4.11. The summed E-state index contributed by atoms with van der Waals surface area (Å²) in [6.07, 6.45) is 0.382. The van der Waals surface area contributed by atoms with Crippen molar-refractivity contribution in [2.45, 2.75) is 25.8 Å². The Morgan fingerprint density at radius 2 is 2.18 bits per heavy atom. The van der Waals surface area contributed by atoms with E-state index in [1.807, 2.05) is 0 Å². The first-order valence-electron chi connectivity index (χ1n) is 5.40. The number of halogens is 2. The Balaban J connectivity index is 2.57. The highest BCUT2D eigenvalue weighted by Crippen LogP contribution is 2.20. The highest BCUT2D eigenvalue weighted by Gasteiger charge is 2.14. The van der Waals surface area contributed by atoms with Crippen LogP contribution in [0.25, 0.3) is 0 Å². The zero-order valence-electron chi connectivity index (χ0n) is 9.58. The molecule has 0 bridgehead atoms. The van der Waals surface area contributed by atoms with Crippen LogP contribution in [-0.2, 0) is 9.53 Å². The molecule has 0 saturated carbocycles. The van der Waals surface area contributed by atoms with Gasteiger partial charge in [0, 0.05) is 24.1 Å². The number of hydrogen-bond donors (Lipinski definition) is 1. The normalized spacial score (nSPS) is 12.2. The van der Waals surface area contributed by atoms with Gasteiger partial charge in [-0.2, -0.15) is 0 Å². The largest absolute Gasteiger partial charge is 0.466 e. The van der Waals surface area contributed by atoms with E-state index < -0.39 is 17.7 Å². The van der Waals surface area contributed by atoms with Crippen molar-refractivity contribution in [1.82, 2.24) is 0 Å². The molecule has 0 fully saturated rings. The van der Waals surface area contributed by atoms with Crippen molar-refractivity contribution in [1.29, 1.82) is 0 Å². The molecule has 0 aromatic heterocycles. The highest BCUT2D eigenvalue weighted by molar-refractivity contribution is 5.69. The number of nitrogens with two attached hydrogens (primary N) is 1. The molecule has 0 radical (unpaired) electrons. The van der Waals surface area contributed by atoms with Crippen LogP contribution in [0.5, 0.6) is 0 Å². The van der Waals surface area contributed by atoms with Crippen LogP contribution in [0.3, 0.4) is 0 Å². The summed E-state index contributed by atoms with van der Waals surface area (Å²) >= 11 is 0. The molecule has 0 amide bonds. The standard InChI is InChI=1S/C12H15F2NO2/c1-2-17-12(16)6-5-11(15)9-4-3-8(13)7-10(9)14/h3-4,7,11H,2,5-6,15H2,1H3. The Morgan fingerprint density at radius 3 is 2.76 bits per heavy atom. The number of carbonyl (C=O) groups is 1. The third-order valence-corrected chi connectivity index (χ3v) is 2.33. The summed E-state index contributed by atoms with van der Waals surface area (Å²) in [7, 11) is 0. The van der Waals surface area contributed by atoms with Crippen LogP contribution in [0.4, 0.5) is 8.78 Å². The number of ether oxygens (including phenoxy) is 1. The van der Waals surface area contributed by atoms with Crippen molar-refractivity contribution in [3.8, 4) is 0 Å². The second-order valence-corrected chi connectivity index (χ2v) is 3.62. The van der Waals surface area contributed by atoms with Crippen molar-refractivity contribution in [2.75, 3.05) is 6.61 Å². The fourth-order valence-corrected chi connectivity index (χ4v) is 1.46. The summed E-state index contributed by atoms with van der Waals surface area (Å²) in [5, 5.41) is 0. The minimum Gasteiger partial charge on any atom is -0.466 e. The maximum Gasteiger partial charge on any atom is 0.305 e. The van der Waals surface area contributed by atoms with Crippen molar-refractivity contribution in [3.63, 3.8) is 0 Å². The van der Waals surface area contributed by atoms with Gasteiger partial charge >= 0.3 is 5.97 Å². The van der Waals surface area contributed by atoms with Gasteiger partial charge in [-0.05, 0) is 19.4 Å². The van der Waals surface area contributed by atoms with E-state index >= 15 is 0 Å². The van der Waals surface area contributed by atoms with Crippen LogP contribution in [-0.4, -0.2) is 12.6 Å². The fourth-order valence-electron chi connectivity index (χ4n) is 1.46. The summed E-state index contributed by atoms with van der Waals surface area (Å²) in [5.74, 6) is -1.71. The van der Waals surface area contributed by atoms with Crippen molar-refractivity contribution in [2.24, 2.45) is 5.73 Å². The predicted octanol–water partition coefficient (Wildman–Crippen LogP) is 2.31. The van der Waals surface area contributed by atoms with Crippen molar-refractivity contribution < 1.29 is 18.3 Å². The van der Waals surface area contributed by atoms with Gasteiger partial charge < -0.3 is 10.5 Å². The first-order chi connectivity index (χ1) is 8.04. The minimum atomic E-state index is -0.693. The summed E-state index contributed by atoms with van der Waals surface area (Å²) in [4.78, 5) is 11.1. The van der Waals surface area contributed by atoms with Gasteiger partial charge in [-0.1, -0.05) is 6.07 Å². The molecule has 0 saturated heterocycles. The Kier molecular flexibility index (Phi) is 5.03. The van der Waals surface area contributed by atoms with Crippen LogP contribution >= 0.6 is 0 Å². The third-order valence-electron chi connectivity index (χ3n) is 2.33. The zero-order valence-corrected chi connectivity index (χ0v) is 9.58. The van der Waals surface area contributed by atoms with Gasteiger partial charge in [-0.25, -0.2) is 8.78 Å². The fraction of sp³-hybridized carbons (Fsp3) is 0.417. The zero-order chi connectivity index (χ0) is 12.8. The predicted molar refractivity (Wildman–Crippen MR) is 59.2 cm³/mol. The number of benzene rings is 1. The summed E-state index contributed by atoms with van der Waals surface area (Å²) in [6.45, 7) is 2.01. The van der Waals surface area contributed by atoms with E-state index in [1.54, 1.807) is 6.92 Å². The highest BCUT2D eigenvalue weighted by atomic mass is 19.1. The van der Waals surface area contributed by atoms with E-state index in [-0.39, 0.29) is 24.4 Å². The molecule has 0 spiro atoms. The number of esters is 1. The van der Waals surface area contributed by atoms with Crippen molar-refractivity contribution >= 4 is 5.97 Å². The van der Waals surface area contributed by atoms with Crippen LogP contribution in [0, 0.1) is 11.6 Å². The summed E-state index contributed by atoms with van der Waals surface area (Å²) in [6, 6.07) is 2.57. The smallest absolute Gasteiger partial charge is 0.305 e. The summed E-state index contributed by atoms with van der Waals surface area (Å²) < 4.78 is 30.7. The lowest BCUT2D eigenvalue weighted by molar-refractivity contribution is -0.143. The average molecular weight is 243 g/mol. The average Bonchev–Trinajstić information content (AvgIpc) is 2.26. The molecule has 1 rings (SSSR count). The van der Waals surface area contributed by atoms with Gasteiger partial charge in [-0.15, -0.1) is 0 Å². The van der Waals surface area contributed by atoms with Gasteiger partial charge in [0.15, 0.2) is 0 Å². The molecular weight excluding hydrogens is 228 g/mol. The molecule has 17 heavy (non-hydrogen) atoms. The second kappa shape index (κ2) is 6.30. The van der Waals surface area contributed by atoms with E-state index in [0.717, 1.165) is 12.1 Å². The van der Waals surface area contributed by atoms with Crippen LogP contribution < -0.4 is 5.73 Å². The Hall–Kier alpha value is -1.49. The Morgan fingerprint density at radius 1 is 1.47 bits per heavy atom. The Labute approximate surface area is 98.6 Å². The summed E-state index contributed by atoms with van der Waals surface area (Å²) in [5.41, 5.74) is 5.92. The lowest BCUT2D eigenvalue weighted by Gasteiger charge is -2.12. The molecule has 0 aliphatic heterocycles. The van der Waals surface area contributed by atoms with Crippen molar-refractivity contribution in [3.05, 3.63) is 35.4 Å². The number of hydrogen-bond acceptors (Lipinski definition) is 3. The van der Waals surface area contributed by atoms with Crippen LogP contribution in [0.1, 0.15) is 31.4 Å². The number of rotatable bonds is 5. The number of carbonyl (C=O) groups excluding carboxylic acids is 1. The molecule has 1 atom stereocenters. The molecule has 1 aromatic carbocycles. The monoisotopic (exact) mass is 243 g/mol. The maximum atomic E-state index is 13.3. The van der Waals surface area contributed by atoms with Crippen LogP contribution in [0.15, 0.2) is 18.2 Å². The molecule has 0 heterocycles. The minimum absolute atomic E-state index is 0.117. The van der Waals surface area contributed by atoms with E-state index in [2.05, 4.69) is 0 Å². The van der Waals surface area contributed by atoms with Crippen LogP contribution in [0.2, 0.25) is 0 Å². The quantitative estimate of drug-likeness (QED) is 0.807. The molecule has 0 aliphatic rings. The molecule has 1 unspecified atom stereocenters.